The Hall–Kier alpha value is -2.31. The van der Waals surface area contributed by atoms with E-state index >= 15 is 0 Å². The highest BCUT2D eigenvalue weighted by Gasteiger charge is 2.23. The van der Waals surface area contributed by atoms with Crippen LogP contribution in [0, 0.1) is 10.1 Å². The SMILES string of the molecule is O=C(OCc1c(Cl)cccc1Cl)c1ccc(N2CCCCC2)c([N+](=O)[O-])c1. The Bertz CT molecular complexity index is 847. The minimum atomic E-state index is -0.667. The van der Waals surface area contributed by atoms with Crippen LogP contribution in [-0.4, -0.2) is 24.0 Å². The number of piperidine rings is 1. The lowest BCUT2D eigenvalue weighted by atomic mass is 10.1. The third-order valence-corrected chi connectivity index (χ3v) is 5.22. The van der Waals surface area contributed by atoms with Gasteiger partial charge >= 0.3 is 5.97 Å². The van der Waals surface area contributed by atoms with E-state index in [1.165, 1.54) is 6.07 Å². The van der Waals surface area contributed by atoms with Crippen LogP contribution in [0.2, 0.25) is 10.0 Å². The molecule has 3 rings (SSSR count). The maximum atomic E-state index is 12.4. The van der Waals surface area contributed by atoms with Gasteiger partial charge < -0.3 is 9.64 Å². The summed E-state index contributed by atoms with van der Waals surface area (Å²) in [5.41, 5.74) is 1.05. The van der Waals surface area contributed by atoms with E-state index in [0.29, 0.717) is 21.3 Å². The van der Waals surface area contributed by atoms with Crippen molar-refractivity contribution in [3.8, 4) is 0 Å². The lowest BCUT2D eigenvalue weighted by Gasteiger charge is -2.28. The van der Waals surface area contributed by atoms with Gasteiger partial charge in [-0.25, -0.2) is 4.79 Å². The zero-order chi connectivity index (χ0) is 19.4. The minimum Gasteiger partial charge on any atom is -0.457 e. The number of ether oxygens (including phenoxy) is 1. The molecule has 0 atom stereocenters. The average Bonchev–Trinajstić information content (AvgIpc) is 2.67. The maximum absolute atomic E-state index is 12.4. The molecule has 0 aliphatic carbocycles. The van der Waals surface area contributed by atoms with Gasteiger partial charge in [0.1, 0.15) is 12.3 Å². The normalized spacial score (nSPS) is 14.1. The summed E-state index contributed by atoms with van der Waals surface area (Å²) in [7, 11) is 0. The monoisotopic (exact) mass is 408 g/mol. The highest BCUT2D eigenvalue weighted by Crippen LogP contribution is 2.32. The van der Waals surface area contributed by atoms with Crippen LogP contribution in [0.1, 0.15) is 35.2 Å². The van der Waals surface area contributed by atoms with E-state index < -0.39 is 10.9 Å². The van der Waals surface area contributed by atoms with Crippen LogP contribution in [0.4, 0.5) is 11.4 Å². The van der Waals surface area contributed by atoms with E-state index in [1.807, 2.05) is 4.90 Å². The molecule has 1 heterocycles. The second-order valence-corrected chi connectivity index (χ2v) is 7.10. The van der Waals surface area contributed by atoms with Gasteiger partial charge in [0.2, 0.25) is 0 Å². The molecule has 0 bridgehead atoms. The summed E-state index contributed by atoms with van der Waals surface area (Å²) < 4.78 is 5.25. The van der Waals surface area contributed by atoms with Gasteiger partial charge in [-0.05, 0) is 43.5 Å². The molecule has 6 nitrogen and oxygen atoms in total. The van der Waals surface area contributed by atoms with Crippen molar-refractivity contribution in [2.24, 2.45) is 0 Å². The van der Waals surface area contributed by atoms with Gasteiger partial charge in [0.15, 0.2) is 0 Å². The third-order valence-electron chi connectivity index (χ3n) is 4.51. The topological polar surface area (TPSA) is 72.7 Å². The molecular formula is C19H18Cl2N2O4. The molecule has 0 amide bonds. The molecule has 8 heteroatoms. The molecule has 0 unspecified atom stereocenters. The number of benzene rings is 2. The first kappa shape index (κ1) is 19.5. The van der Waals surface area contributed by atoms with Crippen LogP contribution in [0.5, 0.6) is 0 Å². The predicted molar refractivity (Wildman–Crippen MR) is 105 cm³/mol. The number of halogens is 2. The molecule has 142 valence electrons. The molecule has 0 saturated carbocycles. The number of nitro benzene ring substituents is 1. The number of carbonyl (C=O) groups is 1. The Balaban J connectivity index is 1.78. The molecule has 1 fully saturated rings. The number of hydrogen-bond acceptors (Lipinski definition) is 5. The van der Waals surface area contributed by atoms with Crippen LogP contribution in [0.25, 0.3) is 0 Å². The van der Waals surface area contributed by atoms with E-state index in [2.05, 4.69) is 0 Å². The number of rotatable bonds is 5. The fourth-order valence-electron chi connectivity index (χ4n) is 3.09. The second kappa shape index (κ2) is 8.59. The lowest BCUT2D eigenvalue weighted by Crippen LogP contribution is -2.30. The van der Waals surface area contributed by atoms with Crippen LogP contribution in [-0.2, 0) is 11.3 Å². The Morgan fingerprint density at radius 3 is 2.41 bits per heavy atom. The van der Waals surface area contributed by atoms with Crippen molar-refractivity contribution in [3.05, 3.63) is 67.7 Å². The Kier molecular flexibility index (Phi) is 6.19. The van der Waals surface area contributed by atoms with Crippen LogP contribution in [0.3, 0.4) is 0 Å². The fourth-order valence-corrected chi connectivity index (χ4v) is 3.60. The molecule has 0 radical (unpaired) electrons. The summed E-state index contributed by atoms with van der Waals surface area (Å²) in [6.07, 6.45) is 3.12. The Morgan fingerprint density at radius 1 is 1.11 bits per heavy atom. The van der Waals surface area contributed by atoms with Crippen molar-refractivity contribution in [2.75, 3.05) is 18.0 Å². The van der Waals surface area contributed by atoms with Crippen molar-refractivity contribution >= 4 is 40.5 Å². The van der Waals surface area contributed by atoms with E-state index in [-0.39, 0.29) is 17.9 Å². The van der Waals surface area contributed by atoms with Gasteiger partial charge in [-0.3, -0.25) is 10.1 Å². The van der Waals surface area contributed by atoms with E-state index in [0.717, 1.165) is 32.4 Å². The summed E-state index contributed by atoms with van der Waals surface area (Å²) in [6, 6.07) is 9.42. The zero-order valence-electron chi connectivity index (χ0n) is 14.5. The Morgan fingerprint density at radius 2 is 1.78 bits per heavy atom. The molecule has 1 saturated heterocycles. The standard InChI is InChI=1S/C19H18Cl2N2O4/c20-15-5-4-6-16(21)14(15)12-27-19(24)13-7-8-17(18(11-13)23(25)26)22-9-2-1-3-10-22/h4-8,11H,1-3,9-10,12H2. The molecule has 2 aromatic carbocycles. The summed E-state index contributed by atoms with van der Waals surface area (Å²) in [5.74, 6) is -0.667. The quantitative estimate of drug-likeness (QED) is 0.383. The first-order valence-electron chi connectivity index (χ1n) is 8.61. The molecule has 1 aliphatic rings. The smallest absolute Gasteiger partial charge is 0.338 e. The largest absolute Gasteiger partial charge is 0.457 e. The minimum absolute atomic E-state index is 0.0953. The van der Waals surface area contributed by atoms with E-state index in [1.54, 1.807) is 30.3 Å². The van der Waals surface area contributed by atoms with Gasteiger partial charge in [-0.2, -0.15) is 0 Å². The van der Waals surface area contributed by atoms with Gasteiger partial charge in [0.25, 0.3) is 5.69 Å². The summed E-state index contributed by atoms with van der Waals surface area (Å²) in [5, 5.41) is 12.3. The molecule has 27 heavy (non-hydrogen) atoms. The van der Waals surface area contributed by atoms with Gasteiger partial charge in [0.05, 0.1) is 10.5 Å². The van der Waals surface area contributed by atoms with Crippen molar-refractivity contribution in [1.29, 1.82) is 0 Å². The predicted octanol–water partition coefficient (Wildman–Crippen LogP) is 5.25. The molecule has 2 aromatic rings. The van der Waals surface area contributed by atoms with Crippen molar-refractivity contribution in [3.63, 3.8) is 0 Å². The van der Waals surface area contributed by atoms with Crippen LogP contribution >= 0.6 is 23.2 Å². The highest BCUT2D eigenvalue weighted by atomic mass is 35.5. The highest BCUT2D eigenvalue weighted by molar-refractivity contribution is 6.35. The molecule has 1 aliphatic heterocycles. The molecule has 0 aromatic heterocycles. The number of esters is 1. The van der Waals surface area contributed by atoms with E-state index in [9.17, 15) is 14.9 Å². The lowest BCUT2D eigenvalue weighted by molar-refractivity contribution is -0.384. The van der Waals surface area contributed by atoms with Gasteiger partial charge in [-0.15, -0.1) is 0 Å². The fraction of sp³-hybridized carbons (Fsp3) is 0.316. The van der Waals surface area contributed by atoms with Crippen LogP contribution in [0.15, 0.2) is 36.4 Å². The van der Waals surface area contributed by atoms with Crippen molar-refractivity contribution in [2.45, 2.75) is 25.9 Å². The third kappa shape index (κ3) is 4.51. The number of nitrogens with zero attached hydrogens (tertiary/aromatic N) is 2. The Labute approximate surface area is 166 Å². The van der Waals surface area contributed by atoms with Gasteiger partial charge in [0, 0.05) is 34.8 Å². The summed E-state index contributed by atoms with van der Waals surface area (Å²) >= 11 is 12.1. The van der Waals surface area contributed by atoms with Crippen molar-refractivity contribution in [1.82, 2.24) is 0 Å². The first-order valence-corrected chi connectivity index (χ1v) is 9.36. The second-order valence-electron chi connectivity index (χ2n) is 6.28. The molecule has 0 N–H and O–H groups in total. The summed E-state index contributed by atoms with van der Waals surface area (Å²) in [4.78, 5) is 25.4. The number of carbonyl (C=O) groups excluding carboxylic acids is 1. The average molecular weight is 409 g/mol. The van der Waals surface area contributed by atoms with Crippen molar-refractivity contribution < 1.29 is 14.5 Å². The number of anilines is 1. The van der Waals surface area contributed by atoms with E-state index in [4.69, 9.17) is 27.9 Å². The van der Waals surface area contributed by atoms with Gasteiger partial charge in [-0.1, -0.05) is 29.3 Å². The number of nitro groups is 1. The maximum Gasteiger partial charge on any atom is 0.338 e. The first-order chi connectivity index (χ1) is 13.0. The van der Waals surface area contributed by atoms with Crippen LogP contribution < -0.4 is 4.90 Å². The summed E-state index contributed by atoms with van der Waals surface area (Å²) in [6.45, 7) is 1.43. The zero-order valence-corrected chi connectivity index (χ0v) is 16.0. The molecule has 0 spiro atoms. The molecular weight excluding hydrogens is 391 g/mol. The number of hydrogen-bond donors (Lipinski definition) is 0.